The lowest BCUT2D eigenvalue weighted by Gasteiger charge is -2.17. The summed E-state index contributed by atoms with van der Waals surface area (Å²) in [5.41, 5.74) is 6.20. The first-order chi connectivity index (χ1) is 14.8. The van der Waals surface area contributed by atoms with Crippen LogP contribution in [-0.2, 0) is 0 Å². The monoisotopic (exact) mass is 460 g/mol. The van der Waals surface area contributed by atoms with Crippen molar-refractivity contribution < 1.29 is 23.0 Å². The molecule has 1 atom stereocenters. The highest BCUT2D eigenvalue weighted by molar-refractivity contribution is 7.21. The molecule has 1 heterocycles. The number of aromatic nitrogens is 1. The third-order valence-corrected chi connectivity index (χ3v) is 5.83. The lowest BCUT2D eigenvalue weighted by Crippen LogP contribution is -2.16. The minimum absolute atomic E-state index is 0.175. The van der Waals surface area contributed by atoms with Crippen molar-refractivity contribution >= 4 is 39.2 Å². The third-order valence-electron chi connectivity index (χ3n) is 4.49. The molecule has 1 aromatic heterocycles. The fourth-order valence-electron chi connectivity index (χ4n) is 3.11. The summed E-state index contributed by atoms with van der Waals surface area (Å²) >= 11 is 7.12. The molecule has 0 saturated carbocycles. The molecule has 0 spiro atoms. The Morgan fingerprint density at radius 3 is 2.71 bits per heavy atom. The van der Waals surface area contributed by atoms with Crippen molar-refractivity contribution in [2.45, 2.75) is 13.0 Å². The molecule has 0 aliphatic heterocycles. The summed E-state index contributed by atoms with van der Waals surface area (Å²) in [4.78, 5) is 15.7. The number of thiazole rings is 1. The van der Waals surface area contributed by atoms with Crippen molar-refractivity contribution in [1.29, 1.82) is 0 Å². The number of carbonyl (C=O) groups excluding carboxylic acids is 1. The smallest absolute Gasteiger partial charge is 0.409 e. The Morgan fingerprint density at radius 1 is 1.16 bits per heavy atom. The van der Waals surface area contributed by atoms with Crippen LogP contribution in [0.5, 0.6) is 11.5 Å². The topological polar surface area (TPSA) is 74.4 Å². The van der Waals surface area contributed by atoms with Crippen molar-refractivity contribution in [2.75, 3.05) is 0 Å². The van der Waals surface area contributed by atoms with Gasteiger partial charge in [-0.25, -0.2) is 18.6 Å². The van der Waals surface area contributed by atoms with Crippen LogP contribution in [0.3, 0.4) is 0 Å². The van der Waals surface area contributed by atoms with Crippen LogP contribution >= 0.6 is 22.9 Å². The van der Waals surface area contributed by atoms with Gasteiger partial charge in [-0.1, -0.05) is 23.7 Å². The van der Waals surface area contributed by atoms with Crippen LogP contribution in [0.25, 0.3) is 20.8 Å². The van der Waals surface area contributed by atoms with Crippen LogP contribution in [0.2, 0.25) is 5.02 Å². The molecule has 0 aliphatic rings. The Kier molecular flexibility index (Phi) is 5.75. The summed E-state index contributed by atoms with van der Waals surface area (Å²) in [6.45, 7) is 1.54. The number of para-hydroxylation sites is 1. The molecule has 0 aliphatic carbocycles. The first-order valence-electron chi connectivity index (χ1n) is 9.11. The van der Waals surface area contributed by atoms with Crippen LogP contribution < -0.4 is 15.2 Å². The molecule has 158 valence electrons. The largest absolute Gasteiger partial charge is 0.486 e. The summed E-state index contributed by atoms with van der Waals surface area (Å²) in [6.07, 6.45) is -1.83. The molecule has 0 fully saturated rings. The number of fused-ring (bicyclic) bond motifs is 1. The summed E-state index contributed by atoms with van der Waals surface area (Å²) in [7, 11) is 0. The maximum Gasteiger partial charge on any atom is 0.409 e. The van der Waals surface area contributed by atoms with Crippen LogP contribution in [0, 0.1) is 11.6 Å². The van der Waals surface area contributed by atoms with Gasteiger partial charge in [-0.15, -0.1) is 11.3 Å². The van der Waals surface area contributed by atoms with Crippen LogP contribution in [-0.4, -0.2) is 11.1 Å². The number of nitrogens with zero attached hydrogens (tertiary/aromatic N) is 1. The zero-order chi connectivity index (χ0) is 22.1. The molecular formula is C22H15ClF2N2O3S. The van der Waals surface area contributed by atoms with E-state index in [-0.39, 0.29) is 10.6 Å². The van der Waals surface area contributed by atoms with Gasteiger partial charge in [-0.2, -0.15) is 0 Å². The lowest BCUT2D eigenvalue weighted by atomic mass is 10.1. The molecule has 1 unspecified atom stereocenters. The Bertz CT molecular complexity index is 1300. The van der Waals surface area contributed by atoms with Gasteiger partial charge in [0, 0.05) is 0 Å². The van der Waals surface area contributed by atoms with E-state index in [2.05, 4.69) is 4.98 Å². The normalized spacial score (nSPS) is 12.0. The molecule has 31 heavy (non-hydrogen) atoms. The highest BCUT2D eigenvalue weighted by Crippen LogP contribution is 2.38. The molecule has 0 bridgehead atoms. The van der Waals surface area contributed by atoms with Crippen molar-refractivity contribution in [3.05, 3.63) is 76.8 Å². The van der Waals surface area contributed by atoms with Gasteiger partial charge >= 0.3 is 6.09 Å². The van der Waals surface area contributed by atoms with Crippen LogP contribution in [0.1, 0.15) is 18.6 Å². The molecule has 4 rings (SSSR count). The van der Waals surface area contributed by atoms with Crippen molar-refractivity contribution in [2.24, 2.45) is 5.73 Å². The number of primary amides is 1. The van der Waals surface area contributed by atoms with E-state index in [0.29, 0.717) is 27.6 Å². The molecule has 2 N–H and O–H groups in total. The quantitative estimate of drug-likeness (QED) is 0.345. The van der Waals surface area contributed by atoms with Crippen molar-refractivity contribution in [3.8, 4) is 22.1 Å². The van der Waals surface area contributed by atoms with Gasteiger partial charge in [-0.3, -0.25) is 0 Å². The second-order valence-corrected chi connectivity index (χ2v) is 8.02. The van der Waals surface area contributed by atoms with Gasteiger partial charge in [0.2, 0.25) is 0 Å². The number of halogens is 3. The Labute approximate surface area is 185 Å². The molecule has 0 saturated heterocycles. The summed E-state index contributed by atoms with van der Waals surface area (Å²) in [6, 6.07) is 14.3. The van der Waals surface area contributed by atoms with E-state index in [4.69, 9.17) is 26.8 Å². The Morgan fingerprint density at radius 2 is 1.94 bits per heavy atom. The standard InChI is InChI=1S/C22H15ClF2N2O3S/c1-11(19-15(24)8-7-14(23)20(19)25)29-12-6-9-16-18(10-12)31-21(27-16)13-4-2-3-5-17(13)30-22(26)28/h2-11H,1H3,(H2,26,28). The number of rotatable bonds is 5. The Hall–Kier alpha value is -3.23. The second kappa shape index (κ2) is 8.49. The zero-order valence-corrected chi connectivity index (χ0v) is 17.6. The number of amides is 1. The second-order valence-electron chi connectivity index (χ2n) is 6.58. The molecule has 5 nitrogen and oxygen atoms in total. The molecular weight excluding hydrogens is 446 g/mol. The van der Waals surface area contributed by atoms with E-state index in [1.165, 1.54) is 18.3 Å². The van der Waals surface area contributed by atoms with Crippen LogP contribution in [0.4, 0.5) is 13.6 Å². The van der Waals surface area contributed by atoms with E-state index in [1.807, 2.05) is 0 Å². The predicted molar refractivity (Wildman–Crippen MR) is 116 cm³/mol. The van der Waals surface area contributed by atoms with Crippen molar-refractivity contribution in [1.82, 2.24) is 4.98 Å². The fraction of sp³-hybridized carbons (Fsp3) is 0.0909. The van der Waals surface area contributed by atoms with Gasteiger partial charge in [0.05, 0.1) is 26.4 Å². The van der Waals surface area contributed by atoms with Gasteiger partial charge in [0.25, 0.3) is 0 Å². The van der Waals surface area contributed by atoms with E-state index < -0.39 is 23.8 Å². The summed E-state index contributed by atoms with van der Waals surface area (Å²) in [5, 5.41) is 0.440. The van der Waals surface area contributed by atoms with Gasteiger partial charge < -0.3 is 15.2 Å². The first-order valence-corrected chi connectivity index (χ1v) is 10.3. The number of hydrogen-bond acceptors (Lipinski definition) is 5. The van der Waals surface area contributed by atoms with Gasteiger partial charge in [0.15, 0.2) is 5.82 Å². The molecule has 4 aromatic rings. The highest BCUT2D eigenvalue weighted by atomic mass is 35.5. The SMILES string of the molecule is CC(Oc1ccc2nc(-c3ccccc3OC(N)=O)sc2c1)c1c(F)ccc(Cl)c1F. The predicted octanol–water partition coefficient (Wildman–Crippen LogP) is 6.49. The van der Waals surface area contributed by atoms with E-state index in [0.717, 1.165) is 16.8 Å². The van der Waals surface area contributed by atoms with Gasteiger partial charge in [0.1, 0.15) is 28.4 Å². The number of nitrogens with two attached hydrogens (primary N) is 1. The maximum atomic E-state index is 14.3. The van der Waals surface area contributed by atoms with Gasteiger partial charge in [-0.05, 0) is 49.4 Å². The molecule has 9 heteroatoms. The number of ether oxygens (including phenoxy) is 2. The lowest BCUT2D eigenvalue weighted by molar-refractivity contribution is 0.211. The van der Waals surface area contributed by atoms with E-state index in [1.54, 1.807) is 42.5 Å². The molecule has 3 aromatic carbocycles. The van der Waals surface area contributed by atoms with E-state index >= 15 is 0 Å². The maximum absolute atomic E-state index is 14.3. The van der Waals surface area contributed by atoms with Crippen molar-refractivity contribution in [3.63, 3.8) is 0 Å². The Balaban J connectivity index is 1.65. The third kappa shape index (κ3) is 4.30. The first kappa shape index (κ1) is 21.0. The van der Waals surface area contributed by atoms with E-state index in [9.17, 15) is 13.6 Å². The number of benzene rings is 3. The number of carbonyl (C=O) groups is 1. The average Bonchev–Trinajstić information content (AvgIpc) is 3.14. The zero-order valence-electron chi connectivity index (χ0n) is 16.1. The minimum atomic E-state index is -0.918. The average molecular weight is 461 g/mol. The highest BCUT2D eigenvalue weighted by Gasteiger charge is 2.21. The van der Waals surface area contributed by atoms with Crippen LogP contribution in [0.15, 0.2) is 54.6 Å². The molecule has 1 amide bonds. The minimum Gasteiger partial charge on any atom is -0.486 e. The number of hydrogen-bond donors (Lipinski definition) is 1. The fourth-order valence-corrected chi connectivity index (χ4v) is 4.30. The summed E-state index contributed by atoms with van der Waals surface area (Å²) in [5.74, 6) is -0.871. The molecule has 0 radical (unpaired) electrons. The summed E-state index contributed by atoms with van der Waals surface area (Å²) < 4.78 is 40.0.